The number of carbonyl (C=O) groups excluding carboxylic acids is 2. The van der Waals surface area contributed by atoms with E-state index in [9.17, 15) is 18.8 Å². The molecule has 1 fully saturated rings. The van der Waals surface area contributed by atoms with E-state index in [4.69, 9.17) is 10.5 Å². The van der Waals surface area contributed by atoms with Crippen LogP contribution in [0.4, 0.5) is 14.9 Å². The molecule has 8 nitrogen and oxygen atoms in total. The van der Waals surface area contributed by atoms with Gasteiger partial charge in [-0.25, -0.2) is 9.18 Å². The maximum atomic E-state index is 14.6. The fourth-order valence-corrected chi connectivity index (χ4v) is 3.25. The minimum absolute atomic E-state index is 0.0580. The molecule has 3 rings (SSSR count). The van der Waals surface area contributed by atoms with Crippen molar-refractivity contribution in [3.63, 3.8) is 0 Å². The van der Waals surface area contributed by atoms with Gasteiger partial charge in [0.2, 0.25) is 5.91 Å². The molecule has 0 spiro atoms. The van der Waals surface area contributed by atoms with Crippen molar-refractivity contribution in [2.45, 2.75) is 44.9 Å². The van der Waals surface area contributed by atoms with Crippen molar-refractivity contribution in [1.29, 1.82) is 0 Å². The van der Waals surface area contributed by atoms with Gasteiger partial charge in [0.15, 0.2) is 0 Å². The van der Waals surface area contributed by atoms with Crippen LogP contribution in [-0.4, -0.2) is 45.7 Å². The smallest absolute Gasteiger partial charge is 0.411 e. The summed E-state index contributed by atoms with van der Waals surface area (Å²) in [5, 5.41) is 2.51. The summed E-state index contributed by atoms with van der Waals surface area (Å²) in [7, 11) is 0. The van der Waals surface area contributed by atoms with E-state index in [1.165, 1.54) is 33.9 Å². The highest BCUT2D eigenvalue weighted by Crippen LogP contribution is 2.23. The molecule has 30 heavy (non-hydrogen) atoms. The van der Waals surface area contributed by atoms with E-state index >= 15 is 0 Å². The number of benzene rings is 1. The number of likely N-dealkylation sites (tertiary alicyclic amines) is 1. The molecule has 0 aliphatic carbocycles. The molecule has 9 heteroatoms. The number of aromatic nitrogens is 1. The minimum Gasteiger partial charge on any atom is -0.444 e. The van der Waals surface area contributed by atoms with Crippen LogP contribution in [0, 0.1) is 5.82 Å². The van der Waals surface area contributed by atoms with Crippen LogP contribution in [0.1, 0.15) is 27.2 Å². The van der Waals surface area contributed by atoms with Crippen molar-refractivity contribution < 1.29 is 18.7 Å². The van der Waals surface area contributed by atoms with Gasteiger partial charge >= 0.3 is 6.09 Å². The third-order valence-electron chi connectivity index (χ3n) is 4.58. The molecule has 2 heterocycles. The fourth-order valence-electron chi connectivity index (χ4n) is 3.25. The molecule has 160 valence electrons. The molecular formula is C21H25FN4O4. The summed E-state index contributed by atoms with van der Waals surface area (Å²) in [6.07, 6.45) is 1.12. The Bertz CT molecular complexity index is 1010. The maximum Gasteiger partial charge on any atom is 0.411 e. The van der Waals surface area contributed by atoms with E-state index < -0.39 is 29.5 Å². The van der Waals surface area contributed by atoms with Gasteiger partial charge in [0.05, 0.1) is 11.4 Å². The predicted octanol–water partition coefficient (Wildman–Crippen LogP) is 2.25. The Kier molecular flexibility index (Phi) is 5.93. The molecule has 1 aromatic carbocycles. The van der Waals surface area contributed by atoms with Crippen LogP contribution >= 0.6 is 0 Å². The molecule has 0 bridgehead atoms. The Morgan fingerprint density at radius 3 is 2.60 bits per heavy atom. The van der Waals surface area contributed by atoms with Crippen LogP contribution < -0.4 is 16.6 Å². The molecule has 3 N–H and O–H groups in total. The highest BCUT2D eigenvalue weighted by molar-refractivity contribution is 5.97. The predicted molar refractivity (Wildman–Crippen MR) is 110 cm³/mol. The Labute approximate surface area is 173 Å². The Morgan fingerprint density at radius 2 is 1.97 bits per heavy atom. The highest BCUT2D eigenvalue weighted by Gasteiger charge is 2.40. The van der Waals surface area contributed by atoms with E-state index in [2.05, 4.69) is 5.32 Å². The fraction of sp³-hybridized carbons (Fsp3) is 0.381. The summed E-state index contributed by atoms with van der Waals surface area (Å²) in [6.45, 7) is 5.35. The standard InChI is InChI=1S/C21H25FN4O4/c1-21(2,3)30-20(29)26-12-13(23)10-17(26)19(28)24-16-8-7-14(11-15(16)22)25-9-5-4-6-18(25)27/h4-9,11,13,17H,10,12,23H2,1-3H3,(H,24,28)/t13-,17-/m0/s1. The lowest BCUT2D eigenvalue weighted by molar-refractivity contribution is -0.120. The van der Waals surface area contributed by atoms with Gasteiger partial charge in [0.1, 0.15) is 17.5 Å². The van der Waals surface area contributed by atoms with Crippen LogP contribution in [0.2, 0.25) is 0 Å². The van der Waals surface area contributed by atoms with E-state index in [0.717, 1.165) is 6.07 Å². The monoisotopic (exact) mass is 416 g/mol. The maximum absolute atomic E-state index is 14.6. The van der Waals surface area contributed by atoms with Gasteiger partial charge in [0.25, 0.3) is 5.56 Å². The lowest BCUT2D eigenvalue weighted by Gasteiger charge is -2.28. The van der Waals surface area contributed by atoms with E-state index in [1.54, 1.807) is 32.9 Å². The average molecular weight is 416 g/mol. The Hall–Kier alpha value is -3.20. The zero-order valence-electron chi connectivity index (χ0n) is 17.1. The molecular weight excluding hydrogens is 391 g/mol. The van der Waals surface area contributed by atoms with Crippen molar-refractivity contribution in [1.82, 2.24) is 9.47 Å². The minimum atomic E-state index is -0.870. The van der Waals surface area contributed by atoms with Crippen LogP contribution in [0.25, 0.3) is 5.69 Å². The van der Waals surface area contributed by atoms with Gasteiger partial charge in [-0.15, -0.1) is 0 Å². The third-order valence-corrected chi connectivity index (χ3v) is 4.58. The van der Waals surface area contributed by atoms with Gasteiger partial charge in [-0.05, 0) is 45.4 Å². The zero-order chi connectivity index (χ0) is 22.1. The lowest BCUT2D eigenvalue weighted by atomic mass is 10.1. The van der Waals surface area contributed by atoms with Gasteiger partial charge in [-0.2, -0.15) is 0 Å². The number of nitrogens with one attached hydrogen (secondary N) is 1. The van der Waals surface area contributed by atoms with Crippen molar-refractivity contribution >= 4 is 17.7 Å². The second kappa shape index (κ2) is 8.27. The molecule has 0 radical (unpaired) electrons. The number of carbonyl (C=O) groups is 2. The number of rotatable bonds is 3. The molecule has 2 atom stereocenters. The highest BCUT2D eigenvalue weighted by atomic mass is 19.1. The van der Waals surface area contributed by atoms with Crippen LogP contribution in [-0.2, 0) is 9.53 Å². The summed E-state index contributed by atoms with van der Waals surface area (Å²) in [5.41, 5.74) is 5.19. The normalized spacial score (nSPS) is 18.9. The first-order valence-electron chi connectivity index (χ1n) is 9.59. The van der Waals surface area contributed by atoms with Gasteiger partial charge in [-0.3, -0.25) is 19.1 Å². The molecule has 2 amide bonds. The van der Waals surface area contributed by atoms with Crippen molar-refractivity contribution in [3.8, 4) is 5.69 Å². The summed E-state index contributed by atoms with van der Waals surface area (Å²) < 4.78 is 21.2. The SMILES string of the molecule is CC(C)(C)OC(=O)N1C[C@@H](N)C[C@H]1C(=O)Nc1ccc(-n2ccccc2=O)cc1F. The molecule has 0 saturated carbocycles. The lowest BCUT2D eigenvalue weighted by Crippen LogP contribution is -2.45. The van der Waals surface area contributed by atoms with Crippen LogP contribution in [0.15, 0.2) is 47.4 Å². The number of halogens is 1. The summed E-state index contributed by atoms with van der Waals surface area (Å²) in [6, 6.07) is 7.40. The number of hydrogen-bond acceptors (Lipinski definition) is 5. The van der Waals surface area contributed by atoms with Crippen LogP contribution in [0.3, 0.4) is 0 Å². The summed E-state index contributed by atoms with van der Waals surface area (Å²) in [5.74, 6) is -1.26. The molecule has 0 unspecified atom stereocenters. The van der Waals surface area contributed by atoms with E-state index in [0.29, 0.717) is 5.69 Å². The largest absolute Gasteiger partial charge is 0.444 e. The third kappa shape index (κ3) is 4.85. The second-order valence-electron chi connectivity index (χ2n) is 8.21. The van der Waals surface area contributed by atoms with Gasteiger partial charge in [-0.1, -0.05) is 6.07 Å². The van der Waals surface area contributed by atoms with Crippen molar-refractivity contribution in [2.24, 2.45) is 5.73 Å². The first kappa shape index (κ1) is 21.5. The summed E-state index contributed by atoms with van der Waals surface area (Å²) in [4.78, 5) is 38.4. The molecule has 1 aliphatic heterocycles. The number of pyridine rings is 1. The summed E-state index contributed by atoms with van der Waals surface area (Å²) >= 11 is 0. The Morgan fingerprint density at radius 1 is 1.23 bits per heavy atom. The quantitative estimate of drug-likeness (QED) is 0.798. The first-order chi connectivity index (χ1) is 14.0. The molecule has 1 saturated heterocycles. The number of ether oxygens (including phenoxy) is 1. The number of hydrogen-bond donors (Lipinski definition) is 2. The number of nitrogens with two attached hydrogens (primary N) is 1. The van der Waals surface area contributed by atoms with Gasteiger partial charge in [0, 0.05) is 30.9 Å². The number of nitrogens with zero attached hydrogens (tertiary/aromatic N) is 2. The topological polar surface area (TPSA) is 107 Å². The van der Waals surface area contributed by atoms with E-state index in [-0.39, 0.29) is 30.3 Å². The molecule has 1 aromatic heterocycles. The second-order valence-corrected chi connectivity index (χ2v) is 8.21. The van der Waals surface area contributed by atoms with Crippen LogP contribution in [0.5, 0.6) is 0 Å². The number of anilines is 1. The van der Waals surface area contributed by atoms with Crippen molar-refractivity contribution in [3.05, 3.63) is 58.8 Å². The first-order valence-corrected chi connectivity index (χ1v) is 9.59. The molecule has 2 aromatic rings. The zero-order valence-corrected chi connectivity index (χ0v) is 17.1. The molecule has 1 aliphatic rings. The Balaban J connectivity index is 1.77. The van der Waals surface area contributed by atoms with Crippen molar-refractivity contribution in [2.75, 3.05) is 11.9 Å². The number of amides is 2. The van der Waals surface area contributed by atoms with Gasteiger partial charge < -0.3 is 15.8 Å². The van der Waals surface area contributed by atoms with E-state index in [1.807, 2.05) is 0 Å². The average Bonchev–Trinajstić information content (AvgIpc) is 3.04.